The van der Waals surface area contributed by atoms with E-state index < -0.39 is 0 Å². The van der Waals surface area contributed by atoms with Crippen molar-refractivity contribution in [1.29, 1.82) is 0 Å². The molecule has 0 unspecified atom stereocenters. The first kappa shape index (κ1) is 13.5. The maximum Gasteiger partial charge on any atom is 0.171 e. The molecule has 4 nitrogen and oxygen atoms in total. The van der Waals surface area contributed by atoms with Crippen molar-refractivity contribution in [3.05, 3.63) is 47.5 Å². The summed E-state index contributed by atoms with van der Waals surface area (Å²) in [5, 5.41) is 10.8. The minimum absolute atomic E-state index is 0.270. The molecule has 0 aliphatic heterocycles. The predicted molar refractivity (Wildman–Crippen MR) is 77.4 cm³/mol. The van der Waals surface area contributed by atoms with Crippen LogP contribution < -0.4 is 10.6 Å². The van der Waals surface area contributed by atoms with Crippen LogP contribution in [-0.4, -0.2) is 14.9 Å². The molecule has 6 heteroatoms. The minimum atomic E-state index is -0.270. The second-order valence-electron chi connectivity index (χ2n) is 4.22. The Hall–Kier alpha value is -1.95. The van der Waals surface area contributed by atoms with E-state index in [1.807, 2.05) is 24.7 Å². The van der Waals surface area contributed by atoms with Gasteiger partial charge in [-0.15, -0.1) is 0 Å². The van der Waals surface area contributed by atoms with E-state index in [9.17, 15) is 4.39 Å². The lowest BCUT2D eigenvalue weighted by Gasteiger charge is -2.09. The molecule has 0 radical (unpaired) electrons. The fraction of sp³-hybridized carbons (Fsp3) is 0.231. The third-order valence-corrected chi connectivity index (χ3v) is 2.94. The standard InChI is InChI=1S/C13H15FN4S/c1-9-7-12(17-18(9)2)8-15-13(19)16-11-5-3-10(14)4-6-11/h3-7H,8H2,1-2H3,(H2,15,16,19). The Bertz CT molecular complexity index is 557. The van der Waals surface area contributed by atoms with Crippen LogP contribution in [0.4, 0.5) is 10.1 Å². The predicted octanol–water partition coefficient (Wildman–Crippen LogP) is 2.35. The number of thiocarbonyl (C=S) groups is 1. The summed E-state index contributed by atoms with van der Waals surface area (Å²) in [6.07, 6.45) is 0. The second-order valence-corrected chi connectivity index (χ2v) is 4.62. The van der Waals surface area contributed by atoms with Gasteiger partial charge in [-0.1, -0.05) is 0 Å². The van der Waals surface area contributed by atoms with Crippen molar-refractivity contribution < 1.29 is 4.39 Å². The molecular formula is C13H15FN4S. The first-order chi connectivity index (χ1) is 9.04. The fourth-order valence-electron chi connectivity index (χ4n) is 1.60. The maximum absolute atomic E-state index is 12.7. The summed E-state index contributed by atoms with van der Waals surface area (Å²) in [6, 6.07) is 8.02. The first-order valence-corrected chi connectivity index (χ1v) is 6.25. The molecule has 1 aromatic carbocycles. The number of aromatic nitrogens is 2. The van der Waals surface area contributed by atoms with Crippen LogP contribution >= 0.6 is 12.2 Å². The number of anilines is 1. The van der Waals surface area contributed by atoms with E-state index in [2.05, 4.69) is 15.7 Å². The maximum atomic E-state index is 12.7. The van der Waals surface area contributed by atoms with Crippen molar-refractivity contribution in [1.82, 2.24) is 15.1 Å². The number of nitrogens with zero attached hydrogens (tertiary/aromatic N) is 2. The van der Waals surface area contributed by atoms with E-state index in [1.165, 1.54) is 12.1 Å². The normalized spacial score (nSPS) is 10.3. The zero-order chi connectivity index (χ0) is 13.8. The van der Waals surface area contributed by atoms with Crippen LogP contribution in [0, 0.1) is 12.7 Å². The molecule has 2 N–H and O–H groups in total. The first-order valence-electron chi connectivity index (χ1n) is 5.84. The molecule has 2 aromatic rings. The van der Waals surface area contributed by atoms with Crippen LogP contribution in [0.15, 0.2) is 30.3 Å². The Morgan fingerprint density at radius 2 is 2.05 bits per heavy atom. The second kappa shape index (κ2) is 5.79. The van der Waals surface area contributed by atoms with Gasteiger partial charge < -0.3 is 10.6 Å². The molecule has 1 aromatic heterocycles. The van der Waals surface area contributed by atoms with Crippen molar-refractivity contribution in [2.75, 3.05) is 5.32 Å². The average molecular weight is 278 g/mol. The van der Waals surface area contributed by atoms with Crippen LogP contribution in [0.25, 0.3) is 0 Å². The molecule has 1 heterocycles. The summed E-state index contributed by atoms with van der Waals surface area (Å²) in [6.45, 7) is 2.54. The zero-order valence-electron chi connectivity index (χ0n) is 10.8. The average Bonchev–Trinajstić information content (AvgIpc) is 2.69. The van der Waals surface area contributed by atoms with Gasteiger partial charge in [-0.3, -0.25) is 4.68 Å². The molecule has 0 fully saturated rings. The highest BCUT2D eigenvalue weighted by Gasteiger charge is 2.02. The zero-order valence-corrected chi connectivity index (χ0v) is 11.6. The molecule has 0 spiro atoms. The number of hydrogen-bond donors (Lipinski definition) is 2. The number of nitrogens with one attached hydrogen (secondary N) is 2. The van der Waals surface area contributed by atoms with Gasteiger partial charge in [0.15, 0.2) is 5.11 Å². The van der Waals surface area contributed by atoms with Gasteiger partial charge in [0.05, 0.1) is 12.2 Å². The quantitative estimate of drug-likeness (QED) is 0.846. The molecule has 0 saturated heterocycles. The molecule has 0 bridgehead atoms. The van der Waals surface area contributed by atoms with Gasteiger partial charge in [0, 0.05) is 18.4 Å². The van der Waals surface area contributed by atoms with Crippen molar-refractivity contribution in [2.24, 2.45) is 7.05 Å². The molecule has 0 saturated carbocycles. The summed E-state index contributed by atoms with van der Waals surface area (Å²) >= 11 is 5.16. The van der Waals surface area contributed by atoms with Gasteiger partial charge in [0.1, 0.15) is 5.82 Å². The minimum Gasteiger partial charge on any atom is -0.357 e. The third kappa shape index (κ3) is 3.75. The van der Waals surface area contributed by atoms with E-state index in [-0.39, 0.29) is 5.82 Å². The lowest BCUT2D eigenvalue weighted by atomic mass is 10.3. The summed E-state index contributed by atoms with van der Waals surface area (Å²) < 4.78 is 14.6. The fourth-order valence-corrected chi connectivity index (χ4v) is 1.79. The number of hydrogen-bond acceptors (Lipinski definition) is 2. The number of benzene rings is 1. The van der Waals surface area contributed by atoms with Crippen LogP contribution in [-0.2, 0) is 13.6 Å². The molecular weight excluding hydrogens is 263 g/mol. The van der Waals surface area contributed by atoms with Gasteiger partial charge in [-0.05, 0) is 49.5 Å². The van der Waals surface area contributed by atoms with E-state index >= 15 is 0 Å². The lowest BCUT2D eigenvalue weighted by molar-refractivity contribution is 0.628. The van der Waals surface area contributed by atoms with Gasteiger partial charge in [-0.2, -0.15) is 5.10 Å². The van der Waals surface area contributed by atoms with E-state index in [1.54, 1.807) is 12.1 Å². The van der Waals surface area contributed by atoms with Crippen molar-refractivity contribution >= 4 is 23.0 Å². The Morgan fingerprint density at radius 3 is 2.63 bits per heavy atom. The highest BCUT2D eigenvalue weighted by Crippen LogP contribution is 2.08. The van der Waals surface area contributed by atoms with Crippen molar-refractivity contribution in [3.8, 4) is 0 Å². The Balaban J connectivity index is 1.86. The summed E-state index contributed by atoms with van der Waals surface area (Å²) in [5.74, 6) is -0.270. The molecule has 0 aliphatic rings. The lowest BCUT2D eigenvalue weighted by Crippen LogP contribution is -2.28. The molecule has 0 aliphatic carbocycles. The summed E-state index contributed by atoms with van der Waals surface area (Å²) in [7, 11) is 1.90. The Labute approximate surface area is 116 Å². The van der Waals surface area contributed by atoms with Crippen molar-refractivity contribution in [2.45, 2.75) is 13.5 Å². The Kier molecular flexibility index (Phi) is 4.11. The highest BCUT2D eigenvalue weighted by molar-refractivity contribution is 7.80. The largest absolute Gasteiger partial charge is 0.357 e. The van der Waals surface area contributed by atoms with Gasteiger partial charge in [-0.25, -0.2) is 4.39 Å². The van der Waals surface area contributed by atoms with Crippen molar-refractivity contribution in [3.63, 3.8) is 0 Å². The van der Waals surface area contributed by atoms with Gasteiger partial charge >= 0.3 is 0 Å². The number of rotatable bonds is 3. The summed E-state index contributed by atoms with van der Waals surface area (Å²) in [4.78, 5) is 0. The van der Waals surface area contributed by atoms with E-state index in [4.69, 9.17) is 12.2 Å². The topological polar surface area (TPSA) is 41.9 Å². The van der Waals surface area contributed by atoms with Gasteiger partial charge in [0.2, 0.25) is 0 Å². The molecule has 100 valence electrons. The highest BCUT2D eigenvalue weighted by atomic mass is 32.1. The van der Waals surface area contributed by atoms with Crippen LogP contribution in [0.5, 0.6) is 0 Å². The van der Waals surface area contributed by atoms with E-state index in [0.29, 0.717) is 11.7 Å². The van der Waals surface area contributed by atoms with Crippen LogP contribution in [0.2, 0.25) is 0 Å². The number of aryl methyl sites for hydroxylation is 2. The molecule has 0 amide bonds. The molecule has 0 atom stereocenters. The summed E-state index contributed by atoms with van der Waals surface area (Å²) in [5.41, 5.74) is 2.76. The monoisotopic (exact) mass is 278 g/mol. The molecule has 2 rings (SSSR count). The van der Waals surface area contributed by atoms with Crippen LogP contribution in [0.1, 0.15) is 11.4 Å². The number of halogens is 1. The Morgan fingerprint density at radius 1 is 1.37 bits per heavy atom. The third-order valence-electron chi connectivity index (χ3n) is 2.70. The molecule has 19 heavy (non-hydrogen) atoms. The van der Waals surface area contributed by atoms with Crippen LogP contribution in [0.3, 0.4) is 0 Å². The smallest absolute Gasteiger partial charge is 0.171 e. The van der Waals surface area contributed by atoms with E-state index in [0.717, 1.165) is 17.1 Å². The SMILES string of the molecule is Cc1cc(CNC(=S)Nc2ccc(F)cc2)nn1C. The van der Waals surface area contributed by atoms with Gasteiger partial charge in [0.25, 0.3) is 0 Å².